The molecule has 1 aliphatic rings. The van der Waals surface area contributed by atoms with Crippen LogP contribution in [0.5, 0.6) is 0 Å². The Kier molecular flexibility index (Phi) is 38.2. The lowest BCUT2D eigenvalue weighted by molar-refractivity contribution is -0.143. The van der Waals surface area contributed by atoms with E-state index in [9.17, 15) is 43.5 Å². The number of ether oxygens (including phenoxy) is 4. The molecule has 0 saturated heterocycles. The molecule has 1 atom stereocenters. The highest BCUT2D eigenvalue weighted by molar-refractivity contribution is 9.09. The van der Waals surface area contributed by atoms with Gasteiger partial charge in [-0.3, -0.25) is 33.6 Å². The lowest BCUT2D eigenvalue weighted by Gasteiger charge is -2.28. The van der Waals surface area contributed by atoms with Gasteiger partial charge in [-0.2, -0.15) is 0 Å². The Morgan fingerprint density at radius 3 is 1.56 bits per heavy atom. The number of alkyl halides is 1. The summed E-state index contributed by atoms with van der Waals surface area (Å²) in [5, 5.41) is 29.2. The van der Waals surface area contributed by atoms with Crippen LogP contribution in [-0.4, -0.2) is 141 Å². The zero-order valence-corrected chi connectivity index (χ0v) is 40.9. The van der Waals surface area contributed by atoms with E-state index in [-0.39, 0.29) is 126 Å². The number of unbranched alkanes of at least 4 members (excludes halogenated alkanes) is 11. The predicted molar refractivity (Wildman–Crippen MR) is 251 cm³/mol. The number of carboxylic acid groups (broad SMARTS) is 2. The number of carbonyl (C=O) groups is 8. The number of halogens is 1. The number of hydrogen-bond donors (Lipinski definition) is 6. The summed E-state index contributed by atoms with van der Waals surface area (Å²) < 4.78 is 21.3. The van der Waals surface area contributed by atoms with Crippen LogP contribution in [0.3, 0.4) is 0 Å². The SMILES string of the molecule is O=C(O)CCCCCCCCCCCCCCC(=O)CCC1CCC(C(=O)N[C@@H](CCC(=O)NCCOCCOCC(=O)NCCOCCOCC(=O)CCCNC(=O)CBr)C(=O)O)CC1. The van der Waals surface area contributed by atoms with Crippen LogP contribution in [-0.2, 0) is 57.3 Å². The summed E-state index contributed by atoms with van der Waals surface area (Å²) in [6, 6.07) is -1.18. The Hall–Kier alpha value is -3.52. The van der Waals surface area contributed by atoms with Gasteiger partial charge in [0.25, 0.3) is 0 Å². The first-order chi connectivity index (χ1) is 31.9. The lowest BCUT2D eigenvalue weighted by Crippen LogP contribution is -2.45. The van der Waals surface area contributed by atoms with Crippen LogP contribution >= 0.6 is 15.9 Å². The molecule has 1 aliphatic carbocycles. The van der Waals surface area contributed by atoms with E-state index < -0.39 is 18.0 Å². The number of aliphatic carboxylic acids is 2. The molecule has 0 aromatic rings. The van der Waals surface area contributed by atoms with Crippen molar-refractivity contribution >= 4 is 63.1 Å². The number of carbonyl (C=O) groups excluding carboxylic acids is 6. The van der Waals surface area contributed by atoms with E-state index in [1.54, 1.807) is 0 Å². The first-order valence-electron chi connectivity index (χ1n) is 24.4. The van der Waals surface area contributed by atoms with Crippen LogP contribution in [0.15, 0.2) is 0 Å². The molecule has 66 heavy (non-hydrogen) atoms. The molecular weight excluding hydrogens is 924 g/mol. The van der Waals surface area contributed by atoms with Crippen LogP contribution < -0.4 is 21.3 Å². The number of nitrogens with one attached hydrogen (secondary N) is 4. The highest BCUT2D eigenvalue weighted by atomic mass is 79.9. The molecule has 0 unspecified atom stereocenters. The van der Waals surface area contributed by atoms with Gasteiger partial charge in [-0.05, 0) is 63.7 Å². The smallest absolute Gasteiger partial charge is 0.326 e. The lowest BCUT2D eigenvalue weighted by atomic mass is 9.79. The third-order valence-corrected chi connectivity index (χ3v) is 11.9. The molecule has 4 amide bonds. The molecule has 19 heteroatoms. The number of Topliss-reactive ketones (excluding diaryl/α,β-unsaturated/α-hetero) is 2. The van der Waals surface area contributed by atoms with Gasteiger partial charge < -0.3 is 50.4 Å². The third-order valence-electron chi connectivity index (χ3n) is 11.4. The number of amides is 4. The van der Waals surface area contributed by atoms with Gasteiger partial charge in [0.1, 0.15) is 25.0 Å². The third kappa shape index (κ3) is 36.6. The molecule has 1 saturated carbocycles. The average Bonchev–Trinajstić information content (AvgIpc) is 3.29. The van der Waals surface area contributed by atoms with Gasteiger partial charge in [0.15, 0.2) is 5.78 Å². The van der Waals surface area contributed by atoms with Crippen molar-refractivity contribution in [3.05, 3.63) is 0 Å². The minimum absolute atomic E-state index is 0.0250. The van der Waals surface area contributed by atoms with Gasteiger partial charge in [-0.25, -0.2) is 4.79 Å². The van der Waals surface area contributed by atoms with E-state index in [0.29, 0.717) is 56.8 Å². The van der Waals surface area contributed by atoms with Crippen molar-refractivity contribution in [1.29, 1.82) is 0 Å². The monoisotopic (exact) mass is 1000 g/mol. The highest BCUT2D eigenvalue weighted by Gasteiger charge is 2.30. The van der Waals surface area contributed by atoms with Crippen LogP contribution in [0.25, 0.3) is 0 Å². The summed E-state index contributed by atoms with van der Waals surface area (Å²) in [6.07, 6.45) is 19.3. The Balaban J connectivity index is 2.00. The van der Waals surface area contributed by atoms with Crippen LogP contribution in [0.2, 0.25) is 0 Å². The summed E-state index contributed by atoms with van der Waals surface area (Å²) in [6.45, 7) is 2.02. The molecule has 0 spiro atoms. The van der Waals surface area contributed by atoms with Crippen LogP contribution in [0, 0.1) is 11.8 Å². The fourth-order valence-electron chi connectivity index (χ4n) is 7.48. The van der Waals surface area contributed by atoms with Gasteiger partial charge in [-0.15, -0.1) is 0 Å². The van der Waals surface area contributed by atoms with Gasteiger partial charge in [0, 0.05) is 57.7 Å². The molecule has 0 heterocycles. The quantitative estimate of drug-likeness (QED) is 0.0339. The second-order valence-corrected chi connectivity index (χ2v) is 17.6. The van der Waals surface area contributed by atoms with E-state index in [4.69, 9.17) is 24.1 Å². The molecular formula is C47H81BrN4O14. The Bertz CT molecular complexity index is 1380. The Morgan fingerprint density at radius 1 is 0.500 bits per heavy atom. The van der Waals surface area contributed by atoms with Gasteiger partial charge >= 0.3 is 11.9 Å². The van der Waals surface area contributed by atoms with Gasteiger partial charge in [0.2, 0.25) is 23.6 Å². The Morgan fingerprint density at radius 2 is 1.00 bits per heavy atom. The maximum atomic E-state index is 12.9. The fraction of sp³-hybridized carbons (Fsp3) is 0.830. The first kappa shape index (κ1) is 60.5. The molecule has 380 valence electrons. The molecule has 0 bridgehead atoms. The molecule has 6 N–H and O–H groups in total. The second-order valence-electron chi connectivity index (χ2n) is 17.0. The van der Waals surface area contributed by atoms with E-state index in [1.807, 2.05) is 0 Å². The highest BCUT2D eigenvalue weighted by Crippen LogP contribution is 2.32. The number of rotatable bonds is 45. The minimum atomic E-state index is -1.20. The molecule has 0 radical (unpaired) electrons. The van der Waals surface area contributed by atoms with Crippen molar-refractivity contribution in [2.24, 2.45) is 11.8 Å². The van der Waals surface area contributed by atoms with Gasteiger partial charge in [0.05, 0.1) is 45.0 Å². The number of carboxylic acids is 2. The van der Waals surface area contributed by atoms with Crippen molar-refractivity contribution in [1.82, 2.24) is 21.3 Å². The van der Waals surface area contributed by atoms with Crippen molar-refractivity contribution < 1.29 is 67.5 Å². The zero-order valence-electron chi connectivity index (χ0n) is 39.4. The largest absolute Gasteiger partial charge is 0.481 e. The maximum absolute atomic E-state index is 12.9. The number of hydrogen-bond acceptors (Lipinski definition) is 12. The molecule has 1 rings (SSSR count). The molecule has 0 aliphatic heterocycles. The Labute approximate surface area is 400 Å². The minimum Gasteiger partial charge on any atom is -0.481 e. The van der Waals surface area contributed by atoms with Gasteiger partial charge in [-0.1, -0.05) is 80.1 Å². The topological polar surface area (TPSA) is 262 Å². The van der Waals surface area contributed by atoms with E-state index in [0.717, 1.165) is 57.8 Å². The van der Waals surface area contributed by atoms with E-state index >= 15 is 0 Å². The van der Waals surface area contributed by atoms with Crippen LogP contribution in [0.4, 0.5) is 0 Å². The normalized spacial score (nSPS) is 15.1. The molecule has 1 fully saturated rings. The van der Waals surface area contributed by atoms with Crippen molar-refractivity contribution in [2.45, 2.75) is 160 Å². The zero-order chi connectivity index (χ0) is 48.5. The van der Waals surface area contributed by atoms with Crippen molar-refractivity contribution in [3.63, 3.8) is 0 Å². The van der Waals surface area contributed by atoms with Crippen LogP contribution in [0.1, 0.15) is 154 Å². The summed E-state index contributed by atoms with van der Waals surface area (Å²) in [4.78, 5) is 95.0. The average molecular weight is 1010 g/mol. The van der Waals surface area contributed by atoms with Crippen molar-refractivity contribution in [3.8, 4) is 0 Å². The summed E-state index contributed by atoms with van der Waals surface area (Å²) in [5.74, 6) is -2.69. The second kappa shape index (κ2) is 41.7. The fourth-order valence-corrected chi connectivity index (χ4v) is 7.68. The van der Waals surface area contributed by atoms with E-state index in [1.165, 1.54) is 38.5 Å². The predicted octanol–water partition coefficient (Wildman–Crippen LogP) is 5.20. The summed E-state index contributed by atoms with van der Waals surface area (Å²) in [7, 11) is 0. The molecule has 0 aromatic carbocycles. The maximum Gasteiger partial charge on any atom is 0.326 e. The number of ketones is 2. The standard InChI is InChI=1S/C47H81BrN4O14/c48-34-43(56)49-25-13-15-40(54)35-65-32-30-64-29-27-51-44(57)36-66-33-31-63-28-26-50-42(55)24-23-41(47(61)62)52-46(60)38-20-17-37(18-21-38)19-22-39(53)14-11-9-7-5-3-1-2-4-6-8-10-12-16-45(58)59/h37-38,41H,1-36H2,(H,49,56)(H,50,55)(H,51,57)(H,52,60)(H,58,59)(H,61,62)/t37?,38?,41-/m0/s1. The van der Waals surface area contributed by atoms with Crippen molar-refractivity contribution in [2.75, 3.05) is 77.8 Å². The van der Waals surface area contributed by atoms with E-state index in [2.05, 4.69) is 37.2 Å². The first-order valence-corrected chi connectivity index (χ1v) is 25.5. The summed E-state index contributed by atoms with van der Waals surface area (Å²) >= 11 is 3.05. The molecule has 18 nitrogen and oxygen atoms in total. The summed E-state index contributed by atoms with van der Waals surface area (Å²) in [5.41, 5.74) is 0. The molecule has 0 aromatic heterocycles.